The van der Waals surface area contributed by atoms with Crippen LogP contribution in [0.15, 0.2) is 12.1 Å². The minimum Gasteiger partial charge on any atom is -0.353 e. The van der Waals surface area contributed by atoms with Gasteiger partial charge >= 0.3 is 0 Å². The third-order valence-corrected chi connectivity index (χ3v) is 4.75. The van der Waals surface area contributed by atoms with Crippen LogP contribution < -0.4 is 4.90 Å². The molecule has 0 amide bonds. The van der Waals surface area contributed by atoms with E-state index in [2.05, 4.69) is 24.0 Å². The second kappa shape index (κ2) is 5.08. The standard InChI is InChI=1S/C15H21ClN2/c1-11-8-12(10-16)9-15(17-11)18-7-3-5-13-4-2-6-14(13)18/h8-9,13-14H,2-7,10H2,1H3. The van der Waals surface area contributed by atoms with Crippen molar-refractivity contribution < 1.29 is 0 Å². The molecule has 2 atom stereocenters. The van der Waals surface area contributed by atoms with E-state index in [0.29, 0.717) is 5.88 Å². The largest absolute Gasteiger partial charge is 0.353 e. The highest BCUT2D eigenvalue weighted by Crippen LogP contribution is 2.38. The van der Waals surface area contributed by atoms with Crippen molar-refractivity contribution in [3.8, 4) is 0 Å². The van der Waals surface area contributed by atoms with Gasteiger partial charge in [-0.15, -0.1) is 11.6 Å². The van der Waals surface area contributed by atoms with Gasteiger partial charge in [0.05, 0.1) is 0 Å². The number of hydrogen-bond donors (Lipinski definition) is 0. The monoisotopic (exact) mass is 264 g/mol. The fourth-order valence-electron chi connectivity index (χ4n) is 3.68. The smallest absolute Gasteiger partial charge is 0.129 e. The summed E-state index contributed by atoms with van der Waals surface area (Å²) in [4.78, 5) is 7.28. The SMILES string of the molecule is Cc1cc(CCl)cc(N2CCCC3CCCC32)n1. The molecule has 1 aliphatic heterocycles. The number of rotatable bonds is 2. The molecule has 98 valence electrons. The first-order chi connectivity index (χ1) is 8.78. The summed E-state index contributed by atoms with van der Waals surface area (Å²) < 4.78 is 0. The second-order valence-electron chi connectivity index (χ2n) is 5.70. The molecular formula is C15H21ClN2. The van der Waals surface area contributed by atoms with Crippen molar-refractivity contribution in [2.45, 2.75) is 50.9 Å². The van der Waals surface area contributed by atoms with Crippen LogP contribution in [0.3, 0.4) is 0 Å². The van der Waals surface area contributed by atoms with E-state index in [4.69, 9.17) is 16.6 Å². The first-order valence-electron chi connectivity index (χ1n) is 7.08. The molecular weight excluding hydrogens is 244 g/mol. The van der Waals surface area contributed by atoms with Crippen molar-refractivity contribution in [3.05, 3.63) is 23.4 Å². The van der Waals surface area contributed by atoms with Crippen molar-refractivity contribution in [2.75, 3.05) is 11.4 Å². The zero-order valence-corrected chi connectivity index (χ0v) is 11.8. The Morgan fingerprint density at radius 1 is 1.28 bits per heavy atom. The molecule has 3 rings (SSSR count). The first-order valence-corrected chi connectivity index (χ1v) is 7.61. The van der Waals surface area contributed by atoms with Crippen LogP contribution in [-0.2, 0) is 5.88 Å². The molecule has 2 unspecified atom stereocenters. The van der Waals surface area contributed by atoms with Crippen LogP contribution >= 0.6 is 11.6 Å². The van der Waals surface area contributed by atoms with Gasteiger partial charge in [-0.3, -0.25) is 0 Å². The van der Waals surface area contributed by atoms with Crippen molar-refractivity contribution in [1.82, 2.24) is 4.98 Å². The number of alkyl halides is 1. The van der Waals surface area contributed by atoms with E-state index in [1.165, 1.54) is 44.2 Å². The summed E-state index contributed by atoms with van der Waals surface area (Å²) in [7, 11) is 0. The van der Waals surface area contributed by atoms with E-state index in [0.717, 1.165) is 23.5 Å². The first kappa shape index (κ1) is 12.3. The number of fused-ring (bicyclic) bond motifs is 1. The second-order valence-corrected chi connectivity index (χ2v) is 5.97. The molecule has 2 fully saturated rings. The topological polar surface area (TPSA) is 16.1 Å². The lowest BCUT2D eigenvalue weighted by Gasteiger charge is -2.39. The molecule has 0 aromatic carbocycles. The molecule has 1 saturated carbocycles. The van der Waals surface area contributed by atoms with Gasteiger partial charge in [0, 0.05) is 24.2 Å². The lowest BCUT2D eigenvalue weighted by atomic mass is 9.92. The molecule has 3 heteroatoms. The van der Waals surface area contributed by atoms with Crippen molar-refractivity contribution in [1.29, 1.82) is 0 Å². The molecule has 0 bridgehead atoms. The van der Waals surface area contributed by atoms with Gasteiger partial charge < -0.3 is 4.90 Å². The third kappa shape index (κ3) is 2.23. The van der Waals surface area contributed by atoms with Gasteiger partial charge in [-0.1, -0.05) is 6.42 Å². The lowest BCUT2D eigenvalue weighted by Crippen LogP contribution is -2.43. The highest BCUT2D eigenvalue weighted by molar-refractivity contribution is 6.17. The molecule has 0 radical (unpaired) electrons. The summed E-state index contributed by atoms with van der Waals surface area (Å²) in [6, 6.07) is 5.00. The Balaban J connectivity index is 1.90. The van der Waals surface area contributed by atoms with Gasteiger partial charge in [0.2, 0.25) is 0 Å². The summed E-state index contributed by atoms with van der Waals surface area (Å²) in [6.45, 7) is 3.23. The Morgan fingerprint density at radius 2 is 2.11 bits per heavy atom. The predicted molar refractivity (Wildman–Crippen MR) is 76.2 cm³/mol. The fraction of sp³-hybridized carbons (Fsp3) is 0.667. The maximum Gasteiger partial charge on any atom is 0.129 e. The molecule has 1 saturated heterocycles. The average molecular weight is 265 g/mol. The van der Waals surface area contributed by atoms with Crippen molar-refractivity contribution >= 4 is 17.4 Å². The Morgan fingerprint density at radius 3 is 2.94 bits per heavy atom. The van der Waals surface area contributed by atoms with Crippen LogP contribution in [-0.4, -0.2) is 17.6 Å². The van der Waals surface area contributed by atoms with Crippen molar-refractivity contribution in [2.24, 2.45) is 5.92 Å². The van der Waals surface area contributed by atoms with Gasteiger partial charge in [0.1, 0.15) is 5.82 Å². The molecule has 1 aliphatic carbocycles. The molecule has 2 heterocycles. The van der Waals surface area contributed by atoms with Crippen LogP contribution in [0.5, 0.6) is 0 Å². The number of nitrogens with zero attached hydrogens (tertiary/aromatic N) is 2. The fourth-order valence-corrected chi connectivity index (χ4v) is 3.84. The molecule has 2 nitrogen and oxygen atoms in total. The zero-order valence-electron chi connectivity index (χ0n) is 11.0. The number of hydrogen-bond acceptors (Lipinski definition) is 2. The number of halogens is 1. The summed E-state index contributed by atoms with van der Waals surface area (Å²) in [5, 5.41) is 0. The van der Waals surface area contributed by atoms with Crippen LogP contribution in [0, 0.1) is 12.8 Å². The molecule has 0 spiro atoms. The molecule has 1 aromatic heterocycles. The van der Waals surface area contributed by atoms with Gasteiger partial charge in [-0.2, -0.15) is 0 Å². The molecule has 1 aromatic rings. The minimum atomic E-state index is 0.582. The Labute approximate surface area is 114 Å². The Bertz CT molecular complexity index is 433. The molecule has 2 aliphatic rings. The van der Waals surface area contributed by atoms with E-state index in [9.17, 15) is 0 Å². The van der Waals surface area contributed by atoms with E-state index >= 15 is 0 Å². The van der Waals surface area contributed by atoms with Gasteiger partial charge in [0.25, 0.3) is 0 Å². The number of aryl methyl sites for hydroxylation is 1. The summed E-state index contributed by atoms with van der Waals surface area (Å²) >= 11 is 5.97. The minimum absolute atomic E-state index is 0.582. The van der Waals surface area contributed by atoms with Crippen LogP contribution in [0.25, 0.3) is 0 Å². The summed E-state index contributed by atoms with van der Waals surface area (Å²) in [5.74, 6) is 2.64. The molecule has 18 heavy (non-hydrogen) atoms. The van der Waals surface area contributed by atoms with Crippen LogP contribution in [0.4, 0.5) is 5.82 Å². The number of anilines is 1. The summed E-state index contributed by atoms with van der Waals surface area (Å²) in [6.07, 6.45) is 6.87. The molecule has 0 N–H and O–H groups in total. The zero-order chi connectivity index (χ0) is 12.5. The van der Waals surface area contributed by atoms with Crippen molar-refractivity contribution in [3.63, 3.8) is 0 Å². The maximum atomic E-state index is 5.97. The number of aromatic nitrogens is 1. The van der Waals surface area contributed by atoms with Gasteiger partial charge in [-0.25, -0.2) is 4.98 Å². The highest BCUT2D eigenvalue weighted by atomic mass is 35.5. The van der Waals surface area contributed by atoms with Gasteiger partial charge in [-0.05, 0) is 56.2 Å². The maximum absolute atomic E-state index is 5.97. The Hall–Kier alpha value is -0.760. The van der Waals surface area contributed by atoms with E-state index in [1.54, 1.807) is 0 Å². The van der Waals surface area contributed by atoms with E-state index in [1.807, 2.05) is 0 Å². The number of piperidine rings is 1. The summed E-state index contributed by atoms with van der Waals surface area (Å²) in [5.41, 5.74) is 2.28. The average Bonchev–Trinajstić information content (AvgIpc) is 2.85. The van der Waals surface area contributed by atoms with E-state index in [-0.39, 0.29) is 0 Å². The van der Waals surface area contributed by atoms with Gasteiger partial charge in [0.15, 0.2) is 0 Å². The van der Waals surface area contributed by atoms with Crippen LogP contribution in [0.2, 0.25) is 0 Å². The Kier molecular flexibility index (Phi) is 3.47. The quantitative estimate of drug-likeness (QED) is 0.753. The van der Waals surface area contributed by atoms with Crippen LogP contribution in [0.1, 0.15) is 43.4 Å². The van der Waals surface area contributed by atoms with E-state index < -0.39 is 0 Å². The predicted octanol–water partition coefficient (Wildman–Crippen LogP) is 3.90. The third-order valence-electron chi connectivity index (χ3n) is 4.44. The highest BCUT2D eigenvalue weighted by Gasteiger charge is 2.35. The lowest BCUT2D eigenvalue weighted by molar-refractivity contribution is 0.360. The number of pyridine rings is 1. The normalized spacial score (nSPS) is 27.3.